The van der Waals surface area contributed by atoms with Crippen LogP contribution < -0.4 is 14.8 Å². The summed E-state index contributed by atoms with van der Waals surface area (Å²) in [7, 11) is 0. The summed E-state index contributed by atoms with van der Waals surface area (Å²) in [5.74, 6) is 0.661. The van der Waals surface area contributed by atoms with Crippen molar-refractivity contribution in [2.24, 2.45) is 0 Å². The first-order valence-corrected chi connectivity index (χ1v) is 9.71. The van der Waals surface area contributed by atoms with Gasteiger partial charge in [-0.2, -0.15) is 0 Å². The average molecular weight is 382 g/mol. The van der Waals surface area contributed by atoms with Crippen LogP contribution in [0.3, 0.4) is 0 Å². The quantitative estimate of drug-likeness (QED) is 0.792. The minimum absolute atomic E-state index is 0.0203. The van der Waals surface area contributed by atoms with Gasteiger partial charge in [-0.05, 0) is 56.5 Å². The predicted molar refractivity (Wildman–Crippen MR) is 108 cm³/mol. The van der Waals surface area contributed by atoms with Crippen LogP contribution in [-0.4, -0.2) is 43.0 Å². The van der Waals surface area contributed by atoms with Crippen molar-refractivity contribution in [3.63, 3.8) is 0 Å². The lowest BCUT2D eigenvalue weighted by Crippen LogP contribution is -2.38. The lowest BCUT2D eigenvalue weighted by atomic mass is 10.1. The number of ether oxygens (including phenoxy) is 2. The monoisotopic (exact) mass is 382 g/mol. The summed E-state index contributed by atoms with van der Waals surface area (Å²) in [6, 6.07) is 14.2. The highest BCUT2D eigenvalue weighted by atomic mass is 16.5. The van der Waals surface area contributed by atoms with Crippen molar-refractivity contribution in [3.8, 4) is 11.5 Å². The van der Waals surface area contributed by atoms with Gasteiger partial charge in [0.2, 0.25) is 0 Å². The minimum Gasteiger partial charge on any atom is -0.490 e. The fraction of sp³-hybridized carbons (Fsp3) is 0.364. The number of rotatable bonds is 7. The van der Waals surface area contributed by atoms with Crippen molar-refractivity contribution in [1.29, 1.82) is 0 Å². The van der Waals surface area contributed by atoms with Gasteiger partial charge in [0, 0.05) is 24.3 Å². The van der Waals surface area contributed by atoms with Gasteiger partial charge in [0.1, 0.15) is 0 Å². The summed E-state index contributed by atoms with van der Waals surface area (Å²) in [4.78, 5) is 26.6. The average Bonchev–Trinajstić information content (AvgIpc) is 2.74. The lowest BCUT2D eigenvalue weighted by Gasteiger charge is -2.26. The summed E-state index contributed by atoms with van der Waals surface area (Å²) < 4.78 is 11.3. The van der Waals surface area contributed by atoms with Crippen LogP contribution in [0, 0.1) is 0 Å². The van der Waals surface area contributed by atoms with E-state index < -0.39 is 0 Å². The maximum absolute atomic E-state index is 12.5. The number of carbonyl (C=O) groups is 2. The maximum Gasteiger partial charge on any atom is 0.260 e. The Labute approximate surface area is 165 Å². The zero-order valence-corrected chi connectivity index (χ0v) is 16.1. The molecule has 2 aromatic carbocycles. The third kappa shape index (κ3) is 5.25. The SMILES string of the molecule is CCOc1cc(C(=O)Nc2ccccc2)ccc1OCC(=O)N1CCCCC1. The smallest absolute Gasteiger partial charge is 0.260 e. The number of anilines is 1. The molecular formula is C22H26N2O4. The Morgan fingerprint density at radius 2 is 1.71 bits per heavy atom. The fourth-order valence-electron chi connectivity index (χ4n) is 3.14. The number of likely N-dealkylation sites (tertiary alicyclic amines) is 1. The summed E-state index contributed by atoms with van der Waals surface area (Å²) in [6.45, 7) is 3.84. The molecule has 28 heavy (non-hydrogen) atoms. The van der Waals surface area contributed by atoms with Crippen LogP contribution in [0.5, 0.6) is 11.5 Å². The molecule has 0 aliphatic carbocycles. The maximum atomic E-state index is 12.5. The standard InChI is InChI=1S/C22H26N2O4/c1-2-27-20-15-17(22(26)23-18-9-5-3-6-10-18)11-12-19(20)28-16-21(25)24-13-7-4-8-14-24/h3,5-6,9-12,15H,2,4,7-8,13-14,16H2,1H3,(H,23,26). The normalized spacial score (nSPS) is 13.7. The van der Waals surface area contributed by atoms with E-state index in [1.165, 1.54) is 6.42 Å². The van der Waals surface area contributed by atoms with Gasteiger partial charge in [0.15, 0.2) is 18.1 Å². The zero-order chi connectivity index (χ0) is 19.8. The molecule has 3 rings (SSSR count). The lowest BCUT2D eigenvalue weighted by molar-refractivity contribution is -0.134. The van der Waals surface area contributed by atoms with Gasteiger partial charge in [-0.1, -0.05) is 18.2 Å². The van der Waals surface area contributed by atoms with Gasteiger partial charge in [-0.3, -0.25) is 9.59 Å². The Morgan fingerprint density at radius 1 is 0.964 bits per heavy atom. The van der Waals surface area contributed by atoms with E-state index in [9.17, 15) is 9.59 Å². The number of nitrogens with zero attached hydrogens (tertiary/aromatic N) is 1. The van der Waals surface area contributed by atoms with E-state index in [1.54, 1.807) is 18.2 Å². The number of hydrogen-bond donors (Lipinski definition) is 1. The van der Waals surface area contributed by atoms with E-state index in [0.717, 1.165) is 31.6 Å². The molecule has 1 aliphatic rings. The highest BCUT2D eigenvalue weighted by Gasteiger charge is 2.18. The molecule has 0 bridgehead atoms. The Kier molecular flexibility index (Phi) is 6.89. The molecule has 0 spiro atoms. The number of para-hydroxylation sites is 1. The van der Waals surface area contributed by atoms with Crippen LogP contribution in [0.4, 0.5) is 5.69 Å². The molecule has 6 heteroatoms. The Hall–Kier alpha value is -3.02. The first-order chi connectivity index (χ1) is 13.7. The Balaban J connectivity index is 1.66. The number of benzene rings is 2. The molecule has 1 saturated heterocycles. The highest BCUT2D eigenvalue weighted by molar-refractivity contribution is 6.04. The van der Waals surface area contributed by atoms with Gasteiger partial charge in [0.25, 0.3) is 11.8 Å². The van der Waals surface area contributed by atoms with Crippen LogP contribution in [-0.2, 0) is 4.79 Å². The van der Waals surface area contributed by atoms with E-state index >= 15 is 0 Å². The van der Waals surface area contributed by atoms with Crippen LogP contribution >= 0.6 is 0 Å². The molecule has 0 saturated carbocycles. The second kappa shape index (κ2) is 9.78. The van der Waals surface area contributed by atoms with E-state index in [1.807, 2.05) is 42.2 Å². The van der Waals surface area contributed by atoms with Gasteiger partial charge in [-0.25, -0.2) is 0 Å². The predicted octanol–water partition coefficient (Wildman–Crippen LogP) is 3.73. The van der Waals surface area contributed by atoms with Crippen LogP contribution in [0.15, 0.2) is 48.5 Å². The highest BCUT2D eigenvalue weighted by Crippen LogP contribution is 2.29. The molecule has 2 amide bonds. The van der Waals surface area contributed by atoms with Crippen molar-refractivity contribution < 1.29 is 19.1 Å². The zero-order valence-electron chi connectivity index (χ0n) is 16.1. The van der Waals surface area contributed by atoms with Crippen molar-refractivity contribution in [2.45, 2.75) is 26.2 Å². The molecule has 1 fully saturated rings. The molecule has 148 valence electrons. The Bertz CT molecular complexity index is 801. The van der Waals surface area contributed by atoms with Crippen LogP contribution in [0.2, 0.25) is 0 Å². The number of hydrogen-bond acceptors (Lipinski definition) is 4. The summed E-state index contributed by atoms with van der Waals surface area (Å²) >= 11 is 0. The molecular weight excluding hydrogens is 356 g/mol. The molecule has 6 nitrogen and oxygen atoms in total. The van der Waals surface area contributed by atoms with Crippen LogP contribution in [0.1, 0.15) is 36.5 Å². The Morgan fingerprint density at radius 3 is 2.43 bits per heavy atom. The van der Waals surface area contributed by atoms with Crippen molar-refractivity contribution >= 4 is 17.5 Å². The van der Waals surface area contributed by atoms with Gasteiger partial charge < -0.3 is 19.7 Å². The van der Waals surface area contributed by atoms with Crippen molar-refractivity contribution in [1.82, 2.24) is 4.90 Å². The molecule has 0 unspecified atom stereocenters. The third-order valence-corrected chi connectivity index (χ3v) is 4.60. The molecule has 0 aromatic heterocycles. The fourth-order valence-corrected chi connectivity index (χ4v) is 3.14. The van der Waals surface area contributed by atoms with E-state index in [0.29, 0.717) is 23.7 Å². The second-order valence-electron chi connectivity index (χ2n) is 6.64. The molecule has 0 atom stereocenters. The van der Waals surface area contributed by atoms with Gasteiger partial charge in [-0.15, -0.1) is 0 Å². The van der Waals surface area contributed by atoms with Gasteiger partial charge in [0.05, 0.1) is 6.61 Å². The molecule has 2 aromatic rings. The summed E-state index contributed by atoms with van der Waals surface area (Å²) in [6.07, 6.45) is 3.26. The number of carbonyl (C=O) groups excluding carboxylic acids is 2. The summed E-state index contributed by atoms with van der Waals surface area (Å²) in [5.41, 5.74) is 1.18. The summed E-state index contributed by atoms with van der Waals surface area (Å²) in [5, 5.41) is 2.84. The largest absolute Gasteiger partial charge is 0.490 e. The third-order valence-electron chi connectivity index (χ3n) is 4.60. The van der Waals surface area contributed by atoms with E-state index in [2.05, 4.69) is 5.32 Å². The number of nitrogens with one attached hydrogen (secondary N) is 1. The van der Waals surface area contributed by atoms with E-state index in [4.69, 9.17) is 9.47 Å². The van der Waals surface area contributed by atoms with E-state index in [-0.39, 0.29) is 18.4 Å². The first-order valence-electron chi connectivity index (χ1n) is 9.71. The first kappa shape index (κ1) is 19.7. The van der Waals surface area contributed by atoms with Crippen LogP contribution in [0.25, 0.3) is 0 Å². The second-order valence-corrected chi connectivity index (χ2v) is 6.64. The van der Waals surface area contributed by atoms with Crippen molar-refractivity contribution in [3.05, 3.63) is 54.1 Å². The molecule has 1 N–H and O–H groups in total. The topological polar surface area (TPSA) is 67.9 Å². The van der Waals surface area contributed by atoms with Crippen molar-refractivity contribution in [2.75, 3.05) is 31.6 Å². The molecule has 1 heterocycles. The number of amides is 2. The minimum atomic E-state index is -0.233. The molecule has 1 aliphatic heterocycles. The molecule has 0 radical (unpaired) electrons. The number of piperidine rings is 1. The van der Waals surface area contributed by atoms with Gasteiger partial charge >= 0.3 is 0 Å².